The summed E-state index contributed by atoms with van der Waals surface area (Å²) in [5.74, 6) is 4.20. The second-order valence-electron chi connectivity index (χ2n) is 5.99. The number of halogens is 2. The highest BCUT2D eigenvalue weighted by Crippen LogP contribution is 2.23. The first-order valence-electron chi connectivity index (χ1n) is 8.48. The van der Waals surface area contributed by atoms with Crippen molar-refractivity contribution in [2.75, 3.05) is 6.54 Å². The Labute approximate surface area is 152 Å². The summed E-state index contributed by atoms with van der Waals surface area (Å²) >= 11 is 0. The third-order valence-corrected chi connectivity index (χ3v) is 4.17. The molecule has 0 heterocycles. The fourth-order valence-electron chi connectivity index (χ4n) is 2.81. The predicted molar refractivity (Wildman–Crippen MR) is 103 cm³/mol. The molecule has 1 N–H and O–H groups in total. The van der Waals surface area contributed by atoms with Gasteiger partial charge in [0, 0.05) is 18.7 Å². The standard InChI is InChI=1S/C23H19F2N/c1-17(21-12-7-10-18-8-4-5-11-22(18)21)26-15-6-2-3-9-19-13-14-20(24)16-23(19)25/h2,4-8,10-14,16-17,26H,15H2,1H3/t17-/m1/s1. The molecule has 0 unspecified atom stereocenters. The van der Waals surface area contributed by atoms with E-state index in [0.29, 0.717) is 6.54 Å². The first kappa shape index (κ1) is 17.8. The third-order valence-electron chi connectivity index (χ3n) is 4.17. The molecule has 0 saturated heterocycles. The van der Waals surface area contributed by atoms with Crippen LogP contribution in [-0.4, -0.2) is 6.54 Å². The highest BCUT2D eigenvalue weighted by atomic mass is 19.1. The lowest BCUT2D eigenvalue weighted by Gasteiger charge is -2.15. The second kappa shape index (κ2) is 8.42. The Morgan fingerprint density at radius 2 is 1.85 bits per heavy atom. The number of hydrogen-bond acceptors (Lipinski definition) is 1. The summed E-state index contributed by atoms with van der Waals surface area (Å²) in [6, 6.07) is 18.2. The molecule has 0 fully saturated rings. The van der Waals surface area contributed by atoms with Crippen molar-refractivity contribution < 1.29 is 8.78 Å². The van der Waals surface area contributed by atoms with Gasteiger partial charge in [-0.3, -0.25) is 0 Å². The first-order chi connectivity index (χ1) is 12.6. The van der Waals surface area contributed by atoms with Crippen LogP contribution in [0, 0.1) is 23.5 Å². The summed E-state index contributed by atoms with van der Waals surface area (Å²) in [6.45, 7) is 2.76. The van der Waals surface area contributed by atoms with Crippen LogP contribution in [0.15, 0.2) is 72.8 Å². The molecule has 3 heteroatoms. The Kier molecular flexibility index (Phi) is 5.78. The normalized spacial score (nSPS) is 12.1. The predicted octanol–water partition coefficient (Wildman–Crippen LogP) is 5.38. The van der Waals surface area contributed by atoms with Gasteiger partial charge in [-0.15, -0.1) is 0 Å². The van der Waals surface area contributed by atoms with Crippen LogP contribution in [0.3, 0.4) is 0 Å². The molecule has 0 aliphatic carbocycles. The molecule has 130 valence electrons. The maximum absolute atomic E-state index is 13.5. The van der Waals surface area contributed by atoms with Crippen LogP contribution in [0.2, 0.25) is 0 Å². The minimum Gasteiger partial charge on any atom is -0.307 e. The van der Waals surface area contributed by atoms with Crippen molar-refractivity contribution in [3.05, 3.63) is 95.6 Å². The van der Waals surface area contributed by atoms with E-state index in [4.69, 9.17) is 0 Å². The molecular weight excluding hydrogens is 328 g/mol. The molecule has 0 aromatic heterocycles. The van der Waals surface area contributed by atoms with E-state index in [1.165, 1.54) is 28.5 Å². The van der Waals surface area contributed by atoms with Gasteiger partial charge in [-0.1, -0.05) is 60.4 Å². The molecular formula is C23H19F2N. The van der Waals surface area contributed by atoms with Gasteiger partial charge in [0.1, 0.15) is 11.6 Å². The zero-order valence-electron chi connectivity index (χ0n) is 14.5. The maximum atomic E-state index is 13.5. The van der Waals surface area contributed by atoms with Crippen molar-refractivity contribution in [1.29, 1.82) is 0 Å². The Bertz CT molecular complexity index is 991. The lowest BCUT2D eigenvalue weighted by Crippen LogP contribution is -2.18. The number of nitrogens with one attached hydrogen (secondary N) is 1. The van der Waals surface area contributed by atoms with Crippen molar-refractivity contribution in [3.8, 4) is 11.8 Å². The molecule has 1 atom stereocenters. The smallest absolute Gasteiger partial charge is 0.141 e. The fraction of sp³-hybridized carbons (Fsp3) is 0.130. The van der Waals surface area contributed by atoms with Gasteiger partial charge >= 0.3 is 0 Å². The zero-order chi connectivity index (χ0) is 18.4. The Morgan fingerprint density at radius 1 is 1.04 bits per heavy atom. The van der Waals surface area contributed by atoms with Crippen LogP contribution >= 0.6 is 0 Å². The van der Waals surface area contributed by atoms with E-state index in [9.17, 15) is 8.78 Å². The molecule has 0 aliphatic rings. The first-order valence-corrected chi connectivity index (χ1v) is 8.48. The van der Waals surface area contributed by atoms with Gasteiger partial charge in [0.05, 0.1) is 5.56 Å². The summed E-state index contributed by atoms with van der Waals surface area (Å²) in [6.07, 6.45) is 3.56. The summed E-state index contributed by atoms with van der Waals surface area (Å²) < 4.78 is 26.3. The molecule has 0 amide bonds. The monoisotopic (exact) mass is 347 g/mol. The van der Waals surface area contributed by atoms with E-state index in [1.807, 2.05) is 18.2 Å². The second-order valence-corrected chi connectivity index (χ2v) is 5.99. The molecule has 0 bridgehead atoms. The van der Waals surface area contributed by atoms with Gasteiger partial charge < -0.3 is 5.32 Å². The van der Waals surface area contributed by atoms with Crippen LogP contribution in [0.5, 0.6) is 0 Å². The zero-order valence-corrected chi connectivity index (χ0v) is 14.5. The fourth-order valence-corrected chi connectivity index (χ4v) is 2.81. The van der Waals surface area contributed by atoms with Gasteiger partial charge in [0.15, 0.2) is 0 Å². The summed E-state index contributed by atoms with van der Waals surface area (Å²) in [7, 11) is 0. The number of fused-ring (bicyclic) bond motifs is 1. The van der Waals surface area contributed by atoms with Crippen molar-refractivity contribution in [2.24, 2.45) is 0 Å². The number of allylic oxidation sites excluding steroid dienone is 1. The number of hydrogen-bond donors (Lipinski definition) is 1. The lowest BCUT2D eigenvalue weighted by molar-refractivity contribution is 0.581. The van der Waals surface area contributed by atoms with Gasteiger partial charge in [-0.25, -0.2) is 8.78 Å². The van der Waals surface area contributed by atoms with E-state index >= 15 is 0 Å². The van der Waals surface area contributed by atoms with E-state index in [1.54, 1.807) is 6.08 Å². The molecule has 0 radical (unpaired) electrons. The molecule has 3 rings (SSSR count). The minimum absolute atomic E-state index is 0.188. The van der Waals surface area contributed by atoms with Gasteiger partial charge in [0.25, 0.3) is 0 Å². The van der Waals surface area contributed by atoms with Crippen molar-refractivity contribution >= 4 is 10.8 Å². The Hall–Kier alpha value is -2.96. The molecule has 3 aromatic carbocycles. The van der Waals surface area contributed by atoms with Crippen molar-refractivity contribution in [2.45, 2.75) is 13.0 Å². The number of benzene rings is 3. The van der Waals surface area contributed by atoms with Crippen molar-refractivity contribution in [3.63, 3.8) is 0 Å². The van der Waals surface area contributed by atoms with Crippen LogP contribution in [0.1, 0.15) is 24.1 Å². The van der Waals surface area contributed by atoms with E-state index in [0.717, 1.165) is 6.07 Å². The third kappa shape index (κ3) is 4.36. The molecule has 1 nitrogen and oxygen atoms in total. The van der Waals surface area contributed by atoms with Crippen LogP contribution < -0.4 is 5.32 Å². The highest BCUT2D eigenvalue weighted by molar-refractivity contribution is 5.86. The van der Waals surface area contributed by atoms with Crippen LogP contribution in [0.4, 0.5) is 8.78 Å². The SMILES string of the molecule is C[C@@H](NCC=CC#Cc1ccc(F)cc1F)c1cccc2ccccc12. The minimum atomic E-state index is -0.645. The lowest BCUT2D eigenvalue weighted by atomic mass is 10.00. The summed E-state index contributed by atoms with van der Waals surface area (Å²) in [4.78, 5) is 0. The van der Waals surface area contributed by atoms with Crippen LogP contribution in [0.25, 0.3) is 10.8 Å². The average molecular weight is 347 g/mol. The Balaban J connectivity index is 1.59. The summed E-state index contributed by atoms with van der Waals surface area (Å²) in [5, 5.41) is 5.90. The quantitative estimate of drug-likeness (QED) is 0.625. The van der Waals surface area contributed by atoms with Gasteiger partial charge in [-0.2, -0.15) is 0 Å². The van der Waals surface area contributed by atoms with Gasteiger partial charge in [0.2, 0.25) is 0 Å². The molecule has 0 saturated carbocycles. The van der Waals surface area contributed by atoms with E-state index in [2.05, 4.69) is 54.4 Å². The van der Waals surface area contributed by atoms with Crippen molar-refractivity contribution in [1.82, 2.24) is 5.32 Å². The molecule has 3 aromatic rings. The summed E-state index contributed by atoms with van der Waals surface area (Å²) in [5.41, 5.74) is 1.43. The number of rotatable bonds is 4. The Morgan fingerprint density at radius 3 is 2.69 bits per heavy atom. The largest absolute Gasteiger partial charge is 0.307 e. The average Bonchev–Trinajstić information content (AvgIpc) is 2.65. The topological polar surface area (TPSA) is 12.0 Å². The van der Waals surface area contributed by atoms with E-state index < -0.39 is 11.6 Å². The maximum Gasteiger partial charge on any atom is 0.141 e. The van der Waals surface area contributed by atoms with E-state index in [-0.39, 0.29) is 11.6 Å². The molecule has 0 aliphatic heterocycles. The molecule has 26 heavy (non-hydrogen) atoms. The van der Waals surface area contributed by atoms with Crippen LogP contribution in [-0.2, 0) is 0 Å². The highest BCUT2D eigenvalue weighted by Gasteiger charge is 2.07. The molecule has 0 spiro atoms. The van der Waals surface area contributed by atoms with Gasteiger partial charge in [-0.05, 0) is 41.5 Å².